The summed E-state index contributed by atoms with van der Waals surface area (Å²) in [5.74, 6) is 0.769. The van der Waals surface area contributed by atoms with E-state index in [1.807, 2.05) is 11.9 Å². The van der Waals surface area contributed by atoms with E-state index in [9.17, 15) is 13.2 Å². The third-order valence-corrected chi connectivity index (χ3v) is 6.69. The molecule has 1 aliphatic carbocycles. The number of sulfone groups is 1. The Kier molecular flexibility index (Phi) is 5.03. The van der Waals surface area contributed by atoms with Gasteiger partial charge in [-0.1, -0.05) is 19.3 Å². The minimum absolute atomic E-state index is 0.0776. The molecule has 132 valence electrons. The van der Waals surface area contributed by atoms with Crippen molar-refractivity contribution in [3.63, 3.8) is 0 Å². The number of amides is 1. The molecule has 1 unspecified atom stereocenters. The van der Waals surface area contributed by atoms with Gasteiger partial charge >= 0.3 is 0 Å². The summed E-state index contributed by atoms with van der Waals surface area (Å²) in [5, 5.41) is 11.1. The molecular formula is C16H24N4O3S. The third kappa shape index (κ3) is 4.03. The number of carbonyl (C=O) groups excluding carboxylic acids is 1. The molecule has 1 amide bonds. The molecule has 2 heterocycles. The molecule has 0 aromatic carbocycles. The number of hydrogen-bond acceptors (Lipinski definition) is 6. The quantitative estimate of drug-likeness (QED) is 0.874. The molecular weight excluding hydrogens is 328 g/mol. The molecule has 0 spiro atoms. The van der Waals surface area contributed by atoms with Crippen LogP contribution in [0.1, 0.15) is 49.0 Å². The van der Waals surface area contributed by atoms with Crippen LogP contribution in [-0.2, 0) is 9.84 Å². The normalized spacial score (nSPS) is 23.8. The van der Waals surface area contributed by atoms with Gasteiger partial charge in [0.25, 0.3) is 5.91 Å². The molecule has 2 fully saturated rings. The van der Waals surface area contributed by atoms with Crippen LogP contribution < -0.4 is 10.2 Å². The van der Waals surface area contributed by atoms with Gasteiger partial charge in [0, 0.05) is 19.1 Å². The fraction of sp³-hybridized carbons (Fsp3) is 0.688. The van der Waals surface area contributed by atoms with Gasteiger partial charge in [0.2, 0.25) is 0 Å². The Hall–Kier alpha value is -1.70. The maximum Gasteiger partial charge on any atom is 0.272 e. The maximum absolute atomic E-state index is 12.2. The lowest BCUT2D eigenvalue weighted by Crippen LogP contribution is -2.37. The SMILES string of the molecule is CN(c1ccc(C(=O)NC2CCCCC2)nn1)C1CCS(=O)(=O)C1. The Balaban J connectivity index is 1.61. The van der Waals surface area contributed by atoms with E-state index in [-0.39, 0.29) is 29.5 Å². The zero-order valence-electron chi connectivity index (χ0n) is 13.9. The van der Waals surface area contributed by atoms with Crippen LogP contribution in [0.3, 0.4) is 0 Å². The highest BCUT2D eigenvalue weighted by Gasteiger charge is 2.31. The first-order valence-corrected chi connectivity index (χ1v) is 10.3. The molecule has 1 aromatic rings. The zero-order valence-corrected chi connectivity index (χ0v) is 14.8. The van der Waals surface area contributed by atoms with Crippen molar-refractivity contribution in [2.75, 3.05) is 23.5 Å². The zero-order chi connectivity index (χ0) is 17.2. The monoisotopic (exact) mass is 352 g/mol. The van der Waals surface area contributed by atoms with Crippen LogP contribution in [0.15, 0.2) is 12.1 Å². The Morgan fingerprint density at radius 3 is 2.50 bits per heavy atom. The maximum atomic E-state index is 12.2. The van der Waals surface area contributed by atoms with Crippen molar-refractivity contribution in [2.24, 2.45) is 0 Å². The van der Waals surface area contributed by atoms with Gasteiger partial charge in [0.05, 0.1) is 11.5 Å². The lowest BCUT2D eigenvalue weighted by atomic mass is 9.95. The fourth-order valence-electron chi connectivity index (χ4n) is 3.41. The van der Waals surface area contributed by atoms with Gasteiger partial charge in [0.15, 0.2) is 21.3 Å². The van der Waals surface area contributed by atoms with Gasteiger partial charge in [-0.15, -0.1) is 10.2 Å². The van der Waals surface area contributed by atoms with E-state index in [1.54, 1.807) is 12.1 Å². The predicted molar refractivity (Wildman–Crippen MR) is 91.8 cm³/mol. The summed E-state index contributed by atoms with van der Waals surface area (Å²) in [6, 6.07) is 3.54. The fourth-order valence-corrected chi connectivity index (χ4v) is 5.18. The number of aromatic nitrogens is 2. The molecule has 8 heteroatoms. The summed E-state index contributed by atoms with van der Waals surface area (Å²) in [4.78, 5) is 14.1. The van der Waals surface area contributed by atoms with Crippen molar-refractivity contribution < 1.29 is 13.2 Å². The molecule has 1 aliphatic heterocycles. The van der Waals surface area contributed by atoms with Gasteiger partial charge in [-0.2, -0.15) is 0 Å². The number of nitrogens with zero attached hydrogens (tertiary/aromatic N) is 3. The molecule has 7 nitrogen and oxygen atoms in total. The minimum atomic E-state index is -2.94. The highest BCUT2D eigenvalue weighted by atomic mass is 32.2. The van der Waals surface area contributed by atoms with E-state index in [2.05, 4.69) is 15.5 Å². The van der Waals surface area contributed by atoms with Crippen molar-refractivity contribution >= 4 is 21.6 Å². The van der Waals surface area contributed by atoms with Crippen molar-refractivity contribution in [2.45, 2.75) is 50.6 Å². The molecule has 1 aromatic heterocycles. The predicted octanol–water partition coefficient (Wildman–Crippen LogP) is 1.16. The van der Waals surface area contributed by atoms with Gasteiger partial charge in [-0.3, -0.25) is 4.79 Å². The van der Waals surface area contributed by atoms with Gasteiger partial charge in [0.1, 0.15) is 0 Å². The summed E-state index contributed by atoms with van der Waals surface area (Å²) < 4.78 is 23.2. The van der Waals surface area contributed by atoms with Crippen LogP contribution in [0.2, 0.25) is 0 Å². The summed E-state index contributed by atoms with van der Waals surface area (Å²) in [5.41, 5.74) is 0.303. The van der Waals surface area contributed by atoms with Crippen molar-refractivity contribution in [3.05, 3.63) is 17.8 Å². The number of rotatable bonds is 4. The van der Waals surface area contributed by atoms with Crippen LogP contribution in [0, 0.1) is 0 Å². The van der Waals surface area contributed by atoms with Crippen LogP contribution in [-0.4, -0.2) is 55.2 Å². The van der Waals surface area contributed by atoms with E-state index < -0.39 is 9.84 Å². The number of carbonyl (C=O) groups is 1. The molecule has 24 heavy (non-hydrogen) atoms. The van der Waals surface area contributed by atoms with Crippen LogP contribution in [0.4, 0.5) is 5.82 Å². The molecule has 1 atom stereocenters. The van der Waals surface area contributed by atoms with Crippen LogP contribution >= 0.6 is 0 Å². The Morgan fingerprint density at radius 2 is 1.92 bits per heavy atom. The minimum Gasteiger partial charge on any atom is -0.354 e. The first kappa shape index (κ1) is 17.1. The van der Waals surface area contributed by atoms with E-state index in [4.69, 9.17) is 0 Å². The summed E-state index contributed by atoms with van der Waals surface area (Å²) >= 11 is 0. The van der Waals surface area contributed by atoms with Gasteiger partial charge in [-0.05, 0) is 31.4 Å². The molecule has 1 N–H and O–H groups in total. The Morgan fingerprint density at radius 1 is 1.17 bits per heavy atom. The number of hydrogen-bond donors (Lipinski definition) is 1. The summed E-state index contributed by atoms with van der Waals surface area (Å²) in [6.07, 6.45) is 6.20. The Bertz CT molecular complexity index is 684. The third-order valence-electron chi connectivity index (χ3n) is 4.94. The lowest BCUT2D eigenvalue weighted by Gasteiger charge is -2.24. The molecule has 2 aliphatic rings. The molecule has 1 saturated carbocycles. The van der Waals surface area contributed by atoms with Gasteiger partial charge < -0.3 is 10.2 Å². The molecule has 0 bridgehead atoms. The Labute approximate surface area is 142 Å². The number of nitrogens with one attached hydrogen (secondary N) is 1. The van der Waals surface area contributed by atoms with Crippen molar-refractivity contribution in [3.8, 4) is 0 Å². The first-order valence-electron chi connectivity index (χ1n) is 8.52. The average Bonchev–Trinajstić information content (AvgIpc) is 2.95. The van der Waals surface area contributed by atoms with Gasteiger partial charge in [-0.25, -0.2) is 8.42 Å². The highest BCUT2D eigenvalue weighted by Crippen LogP contribution is 2.21. The number of anilines is 1. The second-order valence-electron chi connectivity index (χ2n) is 6.75. The summed E-state index contributed by atoms with van der Waals surface area (Å²) in [7, 11) is -1.12. The largest absolute Gasteiger partial charge is 0.354 e. The molecule has 1 saturated heterocycles. The van der Waals surface area contributed by atoms with E-state index in [0.29, 0.717) is 17.9 Å². The highest BCUT2D eigenvalue weighted by molar-refractivity contribution is 7.91. The summed E-state index contributed by atoms with van der Waals surface area (Å²) in [6.45, 7) is 0. The topological polar surface area (TPSA) is 92.3 Å². The molecule has 0 radical (unpaired) electrons. The lowest BCUT2D eigenvalue weighted by molar-refractivity contribution is 0.0921. The molecule has 3 rings (SSSR count). The standard InChI is InChI=1S/C16H24N4O3S/c1-20(13-9-10-24(22,23)11-13)15-8-7-14(18-19-15)16(21)17-12-5-3-2-4-6-12/h7-8,12-13H,2-6,9-11H2,1H3,(H,17,21). The second kappa shape index (κ2) is 7.04. The second-order valence-corrected chi connectivity index (χ2v) is 8.98. The first-order chi connectivity index (χ1) is 11.4. The van der Waals surface area contributed by atoms with Crippen molar-refractivity contribution in [1.29, 1.82) is 0 Å². The van der Waals surface area contributed by atoms with E-state index in [1.165, 1.54) is 6.42 Å². The van der Waals surface area contributed by atoms with Crippen LogP contribution in [0.5, 0.6) is 0 Å². The average molecular weight is 352 g/mol. The smallest absolute Gasteiger partial charge is 0.272 e. The van der Waals surface area contributed by atoms with E-state index >= 15 is 0 Å². The van der Waals surface area contributed by atoms with E-state index in [0.717, 1.165) is 25.7 Å². The van der Waals surface area contributed by atoms with Crippen LogP contribution in [0.25, 0.3) is 0 Å². The van der Waals surface area contributed by atoms with Crippen molar-refractivity contribution in [1.82, 2.24) is 15.5 Å².